The Kier molecular flexibility index (Phi) is 5.58. The Morgan fingerprint density at radius 1 is 0.793 bits per heavy atom. The first-order valence-electron chi connectivity index (χ1n) is 10.5. The van der Waals surface area contributed by atoms with Crippen LogP contribution >= 0.6 is 0 Å². The van der Waals surface area contributed by atoms with Crippen molar-refractivity contribution in [1.82, 2.24) is 35.1 Å². The average molecular weight is 396 g/mol. The van der Waals surface area contributed by atoms with Crippen molar-refractivity contribution in [3.8, 4) is 0 Å². The van der Waals surface area contributed by atoms with Gasteiger partial charge in [-0.05, 0) is 11.6 Å². The first kappa shape index (κ1) is 18.7. The zero-order chi connectivity index (χ0) is 19.5. The van der Waals surface area contributed by atoms with Gasteiger partial charge in [0.25, 0.3) is 0 Å². The molecule has 29 heavy (non-hydrogen) atoms. The molecular weight excluding hydrogens is 366 g/mol. The zero-order valence-corrected chi connectivity index (χ0v) is 16.8. The number of benzene rings is 1. The lowest BCUT2D eigenvalue weighted by Gasteiger charge is -2.34. The van der Waals surface area contributed by atoms with Crippen LogP contribution in [0.2, 0.25) is 0 Å². The van der Waals surface area contributed by atoms with Crippen LogP contribution in [0.3, 0.4) is 0 Å². The van der Waals surface area contributed by atoms with E-state index in [4.69, 9.17) is 4.74 Å². The number of para-hydroxylation sites is 1. The van der Waals surface area contributed by atoms with Gasteiger partial charge in [0, 0.05) is 76.0 Å². The minimum Gasteiger partial charge on any atom is -0.379 e. The first-order chi connectivity index (χ1) is 14.3. The predicted molar refractivity (Wildman–Crippen MR) is 111 cm³/mol. The van der Waals surface area contributed by atoms with Crippen molar-refractivity contribution in [2.24, 2.45) is 0 Å². The number of aromatic nitrogens is 4. The van der Waals surface area contributed by atoms with Gasteiger partial charge >= 0.3 is 0 Å². The Morgan fingerprint density at radius 3 is 2.14 bits per heavy atom. The van der Waals surface area contributed by atoms with Crippen LogP contribution in [-0.4, -0.2) is 87.6 Å². The highest BCUT2D eigenvalue weighted by Gasteiger charge is 2.21. The maximum Gasteiger partial charge on any atom is 0.101 e. The van der Waals surface area contributed by atoms with E-state index in [2.05, 4.69) is 65.6 Å². The normalized spacial score (nSPS) is 19.9. The molecule has 4 heterocycles. The summed E-state index contributed by atoms with van der Waals surface area (Å²) in [4.78, 5) is 10.8. The molecule has 5 rings (SSSR count). The number of nitrogens with one attached hydrogen (secondary N) is 2. The first-order valence-corrected chi connectivity index (χ1v) is 10.5. The van der Waals surface area contributed by atoms with Crippen molar-refractivity contribution in [3.05, 3.63) is 47.4 Å². The second kappa shape index (κ2) is 8.62. The molecule has 2 N–H and O–H groups in total. The molecule has 0 spiro atoms. The number of aromatic amines is 2. The van der Waals surface area contributed by atoms with Gasteiger partial charge in [0.1, 0.15) is 11.4 Å². The highest BCUT2D eigenvalue weighted by atomic mass is 16.5. The van der Waals surface area contributed by atoms with Crippen LogP contribution in [0.5, 0.6) is 0 Å². The molecule has 0 unspecified atom stereocenters. The van der Waals surface area contributed by atoms with Gasteiger partial charge in [-0.25, -0.2) is 0 Å². The Hall–Kier alpha value is -2.26. The largest absolute Gasteiger partial charge is 0.379 e. The molecule has 2 aliphatic heterocycles. The van der Waals surface area contributed by atoms with E-state index in [0.29, 0.717) is 0 Å². The second-order valence-electron chi connectivity index (χ2n) is 8.02. The van der Waals surface area contributed by atoms with Crippen molar-refractivity contribution >= 4 is 10.9 Å². The third kappa shape index (κ3) is 4.35. The molecule has 2 fully saturated rings. The molecule has 154 valence electrons. The van der Waals surface area contributed by atoms with Crippen LogP contribution in [0.15, 0.2) is 30.5 Å². The molecule has 3 aromatic rings. The molecule has 0 amide bonds. The highest BCUT2D eigenvalue weighted by Crippen LogP contribution is 2.20. The molecule has 0 radical (unpaired) electrons. The third-order valence-corrected chi connectivity index (χ3v) is 6.09. The minimum absolute atomic E-state index is 0.811. The fourth-order valence-electron chi connectivity index (χ4n) is 4.32. The van der Waals surface area contributed by atoms with Crippen molar-refractivity contribution in [2.75, 3.05) is 52.5 Å². The average Bonchev–Trinajstić information content (AvgIpc) is 3.37. The van der Waals surface area contributed by atoms with E-state index in [9.17, 15) is 0 Å². The minimum atomic E-state index is 0.811. The van der Waals surface area contributed by atoms with Crippen LogP contribution in [0.25, 0.3) is 10.9 Å². The van der Waals surface area contributed by atoms with E-state index in [1.54, 1.807) is 0 Å². The molecule has 0 saturated carbocycles. The van der Waals surface area contributed by atoms with Gasteiger partial charge in [0.2, 0.25) is 0 Å². The van der Waals surface area contributed by atoms with Crippen LogP contribution in [-0.2, 0) is 24.4 Å². The summed E-state index contributed by atoms with van der Waals surface area (Å²) in [5.41, 5.74) is 4.77. The quantitative estimate of drug-likeness (QED) is 0.658. The molecule has 0 atom stereocenters. The van der Waals surface area contributed by atoms with Gasteiger partial charge in [-0.3, -0.25) is 14.7 Å². The fourth-order valence-corrected chi connectivity index (χ4v) is 4.32. The SMILES string of the molecule is c1ccc2c(CN3CCN(Cc4n[nH]nc4CN4CCOCC4)CC3)c[nH]c2c1. The Morgan fingerprint density at radius 2 is 1.41 bits per heavy atom. The van der Waals surface area contributed by atoms with Crippen LogP contribution in [0.4, 0.5) is 0 Å². The number of piperazine rings is 1. The smallest absolute Gasteiger partial charge is 0.101 e. The predicted octanol–water partition coefficient (Wildman–Crippen LogP) is 1.44. The number of morpholine rings is 1. The summed E-state index contributed by atoms with van der Waals surface area (Å²) in [5, 5.41) is 13.0. The Labute approximate surface area is 170 Å². The van der Waals surface area contributed by atoms with Gasteiger partial charge in [-0.1, -0.05) is 18.2 Å². The second-order valence-corrected chi connectivity index (χ2v) is 8.02. The number of H-pyrrole nitrogens is 2. The van der Waals surface area contributed by atoms with Gasteiger partial charge in [0.15, 0.2) is 0 Å². The summed E-state index contributed by atoms with van der Waals surface area (Å²) in [6.07, 6.45) is 2.16. The molecular formula is C21H29N7O. The van der Waals surface area contributed by atoms with Crippen LogP contribution < -0.4 is 0 Å². The Bertz CT molecular complexity index is 922. The van der Waals surface area contributed by atoms with Crippen molar-refractivity contribution in [3.63, 3.8) is 0 Å². The number of hydrogen-bond donors (Lipinski definition) is 2. The van der Waals surface area contributed by atoms with E-state index in [1.165, 1.54) is 16.5 Å². The molecule has 0 bridgehead atoms. The van der Waals surface area contributed by atoms with E-state index < -0.39 is 0 Å². The number of ether oxygens (including phenoxy) is 1. The van der Waals surface area contributed by atoms with Gasteiger partial charge < -0.3 is 9.72 Å². The zero-order valence-electron chi connectivity index (χ0n) is 16.8. The fraction of sp³-hybridized carbons (Fsp3) is 0.524. The molecule has 8 nitrogen and oxygen atoms in total. The molecule has 2 saturated heterocycles. The number of nitrogens with zero attached hydrogens (tertiary/aromatic N) is 5. The van der Waals surface area contributed by atoms with E-state index in [0.717, 1.165) is 83.5 Å². The lowest BCUT2D eigenvalue weighted by Crippen LogP contribution is -2.45. The van der Waals surface area contributed by atoms with E-state index >= 15 is 0 Å². The van der Waals surface area contributed by atoms with Crippen LogP contribution in [0.1, 0.15) is 17.0 Å². The van der Waals surface area contributed by atoms with Crippen molar-refractivity contribution < 1.29 is 4.74 Å². The lowest BCUT2D eigenvalue weighted by molar-refractivity contribution is 0.0333. The third-order valence-electron chi connectivity index (χ3n) is 6.09. The van der Waals surface area contributed by atoms with Gasteiger partial charge in [-0.2, -0.15) is 15.4 Å². The highest BCUT2D eigenvalue weighted by molar-refractivity contribution is 5.82. The number of rotatable bonds is 6. The van der Waals surface area contributed by atoms with Gasteiger partial charge in [-0.15, -0.1) is 0 Å². The van der Waals surface area contributed by atoms with E-state index in [1.807, 2.05) is 0 Å². The maximum atomic E-state index is 5.44. The topological polar surface area (TPSA) is 76.3 Å². The molecule has 1 aromatic carbocycles. The monoisotopic (exact) mass is 395 g/mol. The van der Waals surface area contributed by atoms with E-state index in [-0.39, 0.29) is 0 Å². The number of fused-ring (bicyclic) bond motifs is 1. The molecule has 2 aliphatic rings. The summed E-state index contributed by atoms with van der Waals surface area (Å²) in [6, 6.07) is 8.55. The van der Waals surface area contributed by atoms with Crippen molar-refractivity contribution in [1.29, 1.82) is 0 Å². The molecule has 2 aromatic heterocycles. The summed E-state index contributed by atoms with van der Waals surface area (Å²) >= 11 is 0. The lowest BCUT2D eigenvalue weighted by atomic mass is 10.1. The maximum absolute atomic E-state index is 5.44. The summed E-state index contributed by atoms with van der Waals surface area (Å²) in [5.74, 6) is 0. The van der Waals surface area contributed by atoms with Crippen molar-refractivity contribution in [2.45, 2.75) is 19.6 Å². The Balaban J connectivity index is 1.14. The summed E-state index contributed by atoms with van der Waals surface area (Å²) < 4.78 is 5.44. The number of hydrogen-bond acceptors (Lipinski definition) is 6. The van der Waals surface area contributed by atoms with Crippen LogP contribution in [0, 0.1) is 0 Å². The summed E-state index contributed by atoms with van der Waals surface area (Å²) in [7, 11) is 0. The van der Waals surface area contributed by atoms with Gasteiger partial charge in [0.05, 0.1) is 13.2 Å². The molecule has 8 heteroatoms. The standard InChI is InChI=1S/C21H29N7O/c1-2-4-19-18(3-1)17(13-22-19)14-26-5-7-27(8-6-26)15-20-21(24-25-23-20)16-28-9-11-29-12-10-28/h1-4,13,22H,5-12,14-16H2,(H,23,24,25). The summed E-state index contributed by atoms with van der Waals surface area (Å²) in [6.45, 7) is 10.6. The molecule has 0 aliphatic carbocycles.